The van der Waals surface area contributed by atoms with Crippen molar-refractivity contribution in [3.05, 3.63) is 30.1 Å². The molecule has 0 aliphatic carbocycles. The summed E-state index contributed by atoms with van der Waals surface area (Å²) in [4.78, 5) is 19.4. The number of hydrogen-bond donors (Lipinski definition) is 0. The fraction of sp³-hybridized carbons (Fsp3) is 0.556. The van der Waals surface area contributed by atoms with Gasteiger partial charge in [-0.15, -0.1) is 0 Å². The van der Waals surface area contributed by atoms with E-state index in [2.05, 4.69) is 31.4 Å². The number of likely N-dealkylation sites (tertiary alicyclic amines) is 1. The van der Waals surface area contributed by atoms with Crippen LogP contribution in [-0.4, -0.2) is 33.4 Å². The van der Waals surface area contributed by atoms with Crippen LogP contribution in [0.15, 0.2) is 24.3 Å². The van der Waals surface area contributed by atoms with Gasteiger partial charge in [0.2, 0.25) is 5.91 Å². The number of hydrogen-bond acceptors (Lipinski definition) is 2. The lowest BCUT2D eigenvalue weighted by Crippen LogP contribution is -2.38. The average Bonchev–Trinajstić information content (AvgIpc) is 2.87. The van der Waals surface area contributed by atoms with Crippen LogP contribution in [0.1, 0.15) is 45.9 Å². The number of fused-ring (bicyclic) bond motifs is 1. The Balaban J connectivity index is 1.96. The summed E-state index contributed by atoms with van der Waals surface area (Å²) in [7, 11) is 0. The van der Waals surface area contributed by atoms with Crippen molar-refractivity contribution in [1.29, 1.82) is 0 Å². The maximum atomic E-state index is 12.7. The second-order valence-corrected chi connectivity index (χ2v) is 7.20. The van der Waals surface area contributed by atoms with E-state index in [4.69, 9.17) is 4.98 Å². The number of aromatic nitrogens is 2. The first-order valence-corrected chi connectivity index (χ1v) is 8.20. The van der Waals surface area contributed by atoms with Gasteiger partial charge in [-0.3, -0.25) is 4.79 Å². The van der Waals surface area contributed by atoms with Crippen LogP contribution in [0.5, 0.6) is 0 Å². The van der Waals surface area contributed by atoms with Crippen molar-refractivity contribution in [3.8, 4) is 0 Å². The number of amides is 1. The topological polar surface area (TPSA) is 38.1 Å². The number of carbonyl (C=O) groups is 1. The monoisotopic (exact) mass is 299 g/mol. The molecule has 0 spiro atoms. The largest absolute Gasteiger partial charge is 0.341 e. The zero-order valence-electron chi connectivity index (χ0n) is 13.8. The quantitative estimate of drug-likeness (QED) is 0.853. The highest BCUT2D eigenvalue weighted by atomic mass is 16.2. The highest BCUT2D eigenvalue weighted by molar-refractivity contribution is 5.81. The molecule has 0 radical (unpaired) electrons. The van der Waals surface area contributed by atoms with Crippen molar-refractivity contribution in [3.63, 3.8) is 0 Å². The van der Waals surface area contributed by atoms with Crippen molar-refractivity contribution in [2.75, 3.05) is 13.1 Å². The van der Waals surface area contributed by atoms with Crippen LogP contribution in [0.2, 0.25) is 0 Å². The van der Waals surface area contributed by atoms with Crippen LogP contribution in [0.3, 0.4) is 0 Å². The summed E-state index contributed by atoms with van der Waals surface area (Å²) in [5.41, 5.74) is 1.94. The third kappa shape index (κ3) is 2.87. The summed E-state index contributed by atoms with van der Waals surface area (Å²) in [6.45, 7) is 8.64. The molecule has 0 atom stereocenters. The molecule has 0 N–H and O–H groups in total. The molecule has 1 saturated heterocycles. The number of carbonyl (C=O) groups excluding carboxylic acids is 1. The molecule has 118 valence electrons. The van der Waals surface area contributed by atoms with Crippen molar-refractivity contribution in [2.24, 2.45) is 0 Å². The molecule has 1 amide bonds. The van der Waals surface area contributed by atoms with Crippen molar-refractivity contribution >= 4 is 16.9 Å². The molecule has 1 aromatic heterocycles. The SMILES string of the molecule is CC(C)(C)c1nc2ccccc2n1CC(=O)N1CCCCC1. The Morgan fingerprint density at radius 3 is 2.50 bits per heavy atom. The lowest BCUT2D eigenvalue weighted by Gasteiger charge is -2.28. The summed E-state index contributed by atoms with van der Waals surface area (Å²) < 4.78 is 2.10. The van der Waals surface area contributed by atoms with E-state index in [0.717, 1.165) is 42.8 Å². The first-order valence-electron chi connectivity index (χ1n) is 8.20. The maximum absolute atomic E-state index is 12.7. The standard InChI is InChI=1S/C18H25N3O/c1-18(2,3)17-19-14-9-5-6-10-15(14)21(17)13-16(22)20-11-7-4-8-12-20/h5-6,9-10H,4,7-8,11-13H2,1-3H3. The summed E-state index contributed by atoms with van der Waals surface area (Å²) >= 11 is 0. The van der Waals surface area contributed by atoms with Gasteiger partial charge in [-0.05, 0) is 31.4 Å². The molecule has 3 rings (SSSR count). The Hall–Kier alpha value is -1.84. The maximum Gasteiger partial charge on any atom is 0.242 e. The molecule has 1 fully saturated rings. The zero-order valence-corrected chi connectivity index (χ0v) is 13.8. The van der Waals surface area contributed by atoms with Gasteiger partial charge in [0.1, 0.15) is 12.4 Å². The number of imidazole rings is 1. The van der Waals surface area contributed by atoms with Crippen molar-refractivity contribution in [2.45, 2.75) is 52.0 Å². The molecule has 1 aromatic carbocycles. The molecule has 0 saturated carbocycles. The number of piperidine rings is 1. The Morgan fingerprint density at radius 2 is 1.82 bits per heavy atom. The van der Waals surface area contributed by atoms with Gasteiger partial charge in [-0.1, -0.05) is 32.9 Å². The summed E-state index contributed by atoms with van der Waals surface area (Å²) in [5.74, 6) is 1.20. The van der Waals surface area contributed by atoms with Gasteiger partial charge in [0, 0.05) is 18.5 Å². The molecular weight excluding hydrogens is 274 g/mol. The molecule has 0 unspecified atom stereocenters. The number of rotatable bonds is 2. The van der Waals surface area contributed by atoms with Gasteiger partial charge >= 0.3 is 0 Å². The lowest BCUT2D eigenvalue weighted by molar-refractivity contribution is -0.132. The highest BCUT2D eigenvalue weighted by Crippen LogP contribution is 2.26. The van der Waals surface area contributed by atoms with Crippen LogP contribution < -0.4 is 0 Å². The Labute approximate surface area is 132 Å². The van der Waals surface area contributed by atoms with E-state index in [1.807, 2.05) is 23.1 Å². The Kier molecular flexibility index (Phi) is 3.94. The average molecular weight is 299 g/mol. The summed E-state index contributed by atoms with van der Waals surface area (Å²) in [6, 6.07) is 8.09. The van der Waals surface area contributed by atoms with E-state index in [-0.39, 0.29) is 11.3 Å². The van der Waals surface area contributed by atoms with Gasteiger partial charge in [0.25, 0.3) is 0 Å². The highest BCUT2D eigenvalue weighted by Gasteiger charge is 2.25. The third-order valence-corrected chi connectivity index (χ3v) is 4.33. The van der Waals surface area contributed by atoms with Crippen LogP contribution in [-0.2, 0) is 16.8 Å². The molecule has 4 heteroatoms. The predicted octanol–water partition coefficient (Wildman–Crippen LogP) is 3.35. The first kappa shape index (κ1) is 15.1. The summed E-state index contributed by atoms with van der Waals surface area (Å²) in [6.07, 6.45) is 3.50. The molecule has 0 bridgehead atoms. The van der Waals surface area contributed by atoms with Crippen molar-refractivity contribution in [1.82, 2.24) is 14.5 Å². The van der Waals surface area contributed by atoms with Gasteiger partial charge < -0.3 is 9.47 Å². The van der Waals surface area contributed by atoms with E-state index in [1.165, 1.54) is 6.42 Å². The zero-order chi connectivity index (χ0) is 15.7. The molecule has 1 aliphatic rings. The second-order valence-electron chi connectivity index (χ2n) is 7.20. The molecule has 22 heavy (non-hydrogen) atoms. The van der Waals surface area contributed by atoms with E-state index >= 15 is 0 Å². The molecule has 1 aliphatic heterocycles. The van der Waals surface area contributed by atoms with E-state index in [0.29, 0.717) is 6.54 Å². The van der Waals surface area contributed by atoms with E-state index in [1.54, 1.807) is 0 Å². The molecule has 4 nitrogen and oxygen atoms in total. The normalized spacial score (nSPS) is 16.2. The lowest BCUT2D eigenvalue weighted by atomic mass is 9.95. The number of para-hydroxylation sites is 2. The minimum absolute atomic E-state index is 0.0821. The van der Waals surface area contributed by atoms with Crippen LogP contribution in [0.4, 0.5) is 0 Å². The summed E-state index contributed by atoms with van der Waals surface area (Å²) in [5, 5.41) is 0. The molecule has 2 heterocycles. The Morgan fingerprint density at radius 1 is 1.14 bits per heavy atom. The van der Waals surface area contributed by atoms with Crippen LogP contribution in [0, 0.1) is 0 Å². The third-order valence-electron chi connectivity index (χ3n) is 4.33. The van der Waals surface area contributed by atoms with Gasteiger partial charge in [-0.25, -0.2) is 4.98 Å². The van der Waals surface area contributed by atoms with Crippen LogP contribution >= 0.6 is 0 Å². The van der Waals surface area contributed by atoms with Crippen molar-refractivity contribution < 1.29 is 4.79 Å². The smallest absolute Gasteiger partial charge is 0.242 e. The minimum Gasteiger partial charge on any atom is -0.341 e. The predicted molar refractivity (Wildman–Crippen MR) is 88.9 cm³/mol. The minimum atomic E-state index is -0.0821. The molecule has 2 aromatic rings. The fourth-order valence-electron chi connectivity index (χ4n) is 3.19. The van der Waals surface area contributed by atoms with Gasteiger partial charge in [-0.2, -0.15) is 0 Å². The number of benzene rings is 1. The van der Waals surface area contributed by atoms with Gasteiger partial charge in [0.05, 0.1) is 11.0 Å². The van der Waals surface area contributed by atoms with Crippen LogP contribution in [0.25, 0.3) is 11.0 Å². The van der Waals surface area contributed by atoms with E-state index < -0.39 is 0 Å². The number of nitrogens with zero attached hydrogens (tertiary/aromatic N) is 3. The van der Waals surface area contributed by atoms with E-state index in [9.17, 15) is 4.79 Å². The molecular formula is C18H25N3O. The van der Waals surface area contributed by atoms with Gasteiger partial charge in [0.15, 0.2) is 0 Å². The second kappa shape index (κ2) is 5.75. The fourth-order valence-corrected chi connectivity index (χ4v) is 3.19. The first-order chi connectivity index (χ1) is 10.5. The Bertz CT molecular complexity index is 675.